The van der Waals surface area contributed by atoms with Crippen molar-refractivity contribution in [3.8, 4) is 0 Å². The first kappa shape index (κ1) is 9.97. The molecule has 14 heavy (non-hydrogen) atoms. The van der Waals surface area contributed by atoms with Crippen LogP contribution in [0.25, 0.3) is 0 Å². The van der Waals surface area contributed by atoms with Gasteiger partial charge in [0.1, 0.15) is 0 Å². The fourth-order valence-corrected chi connectivity index (χ4v) is 2.14. The van der Waals surface area contributed by atoms with Gasteiger partial charge in [-0.25, -0.2) is 0 Å². The van der Waals surface area contributed by atoms with E-state index < -0.39 is 0 Å². The van der Waals surface area contributed by atoms with Crippen LogP contribution in [0.3, 0.4) is 0 Å². The summed E-state index contributed by atoms with van der Waals surface area (Å²) in [6, 6.07) is 0.0858. The van der Waals surface area contributed by atoms with E-state index in [4.69, 9.17) is 0 Å². The quantitative estimate of drug-likeness (QED) is 0.705. The Hall–Kier alpha value is -0.570. The molecule has 1 amide bonds. The van der Waals surface area contributed by atoms with Gasteiger partial charge in [0.2, 0.25) is 5.91 Å². The van der Waals surface area contributed by atoms with Crippen molar-refractivity contribution in [1.29, 1.82) is 0 Å². The summed E-state index contributed by atoms with van der Waals surface area (Å²) >= 11 is 0. The molecule has 2 fully saturated rings. The molecule has 2 N–H and O–H groups in total. The summed E-state index contributed by atoms with van der Waals surface area (Å²) in [5.41, 5.74) is 0.467. The molecule has 0 bridgehead atoms. The van der Waals surface area contributed by atoms with Gasteiger partial charge in [0.25, 0.3) is 0 Å². The van der Waals surface area contributed by atoms with Crippen LogP contribution in [0.4, 0.5) is 0 Å². The monoisotopic (exact) mass is 196 g/mol. The van der Waals surface area contributed by atoms with Crippen LogP contribution in [0, 0.1) is 5.41 Å². The molecule has 1 atom stereocenters. The molecule has 1 heterocycles. The zero-order valence-electron chi connectivity index (χ0n) is 8.94. The van der Waals surface area contributed by atoms with Crippen LogP contribution in [-0.4, -0.2) is 25.0 Å². The van der Waals surface area contributed by atoms with E-state index in [0.717, 1.165) is 25.9 Å². The number of rotatable bonds is 4. The fourth-order valence-electron chi connectivity index (χ4n) is 2.14. The van der Waals surface area contributed by atoms with E-state index in [1.54, 1.807) is 0 Å². The molecule has 1 saturated heterocycles. The lowest BCUT2D eigenvalue weighted by atomic mass is 10.0. The van der Waals surface area contributed by atoms with Crippen molar-refractivity contribution in [3.05, 3.63) is 0 Å². The van der Waals surface area contributed by atoms with Crippen molar-refractivity contribution in [1.82, 2.24) is 10.6 Å². The molecule has 0 aromatic heterocycles. The van der Waals surface area contributed by atoms with Gasteiger partial charge in [0.05, 0.1) is 6.04 Å². The Labute approximate surface area is 85.6 Å². The molecule has 0 unspecified atom stereocenters. The highest BCUT2D eigenvalue weighted by Crippen LogP contribution is 2.47. The molecular formula is C11H20N2O. The predicted molar refractivity (Wildman–Crippen MR) is 56.0 cm³/mol. The minimum atomic E-state index is 0.0858. The molecule has 3 heteroatoms. The van der Waals surface area contributed by atoms with Crippen molar-refractivity contribution in [2.75, 3.05) is 13.1 Å². The van der Waals surface area contributed by atoms with Crippen molar-refractivity contribution in [2.24, 2.45) is 5.41 Å². The fraction of sp³-hybridized carbons (Fsp3) is 0.909. The van der Waals surface area contributed by atoms with Crippen molar-refractivity contribution in [2.45, 2.75) is 45.1 Å². The molecule has 1 aliphatic heterocycles. The van der Waals surface area contributed by atoms with Gasteiger partial charge in [-0.2, -0.15) is 0 Å². The number of hydrogen-bond donors (Lipinski definition) is 2. The zero-order valence-corrected chi connectivity index (χ0v) is 8.94. The molecule has 2 aliphatic rings. The first-order valence-electron chi connectivity index (χ1n) is 5.77. The van der Waals surface area contributed by atoms with Gasteiger partial charge in [0, 0.05) is 6.54 Å². The summed E-state index contributed by atoms with van der Waals surface area (Å²) in [6.45, 7) is 4.10. The molecule has 0 radical (unpaired) electrons. The Morgan fingerprint density at radius 3 is 2.86 bits per heavy atom. The summed E-state index contributed by atoms with van der Waals surface area (Å²) in [5, 5.41) is 6.30. The number of carbonyl (C=O) groups excluding carboxylic acids is 1. The molecule has 3 nitrogen and oxygen atoms in total. The second-order valence-electron chi connectivity index (χ2n) is 4.72. The third-order valence-corrected chi connectivity index (χ3v) is 3.72. The SMILES string of the molecule is CCC1(CNC(=O)[C@H]2CCCN2)CC1. The first-order chi connectivity index (χ1) is 6.76. The van der Waals surface area contributed by atoms with Gasteiger partial charge < -0.3 is 10.6 Å². The predicted octanol–water partition coefficient (Wildman–Crippen LogP) is 1.04. The Kier molecular flexibility index (Phi) is 2.77. The van der Waals surface area contributed by atoms with Crippen LogP contribution < -0.4 is 10.6 Å². The molecule has 1 aliphatic carbocycles. The van der Waals surface area contributed by atoms with Gasteiger partial charge in [0.15, 0.2) is 0 Å². The summed E-state index contributed by atoms with van der Waals surface area (Å²) in [4.78, 5) is 11.7. The lowest BCUT2D eigenvalue weighted by Gasteiger charge is -2.16. The van der Waals surface area contributed by atoms with Gasteiger partial charge in [-0.15, -0.1) is 0 Å². The lowest BCUT2D eigenvalue weighted by molar-refractivity contribution is -0.123. The van der Waals surface area contributed by atoms with Gasteiger partial charge >= 0.3 is 0 Å². The number of carbonyl (C=O) groups is 1. The summed E-state index contributed by atoms with van der Waals surface area (Å²) in [7, 11) is 0. The number of nitrogens with one attached hydrogen (secondary N) is 2. The second-order valence-corrected chi connectivity index (χ2v) is 4.72. The highest BCUT2D eigenvalue weighted by molar-refractivity contribution is 5.82. The zero-order chi connectivity index (χ0) is 10.0. The van der Waals surface area contributed by atoms with E-state index in [0.29, 0.717) is 5.41 Å². The normalized spacial score (nSPS) is 28.8. The minimum Gasteiger partial charge on any atom is -0.354 e. The van der Waals surface area contributed by atoms with E-state index in [2.05, 4.69) is 17.6 Å². The topological polar surface area (TPSA) is 41.1 Å². The maximum Gasteiger partial charge on any atom is 0.237 e. The van der Waals surface area contributed by atoms with E-state index in [9.17, 15) is 4.79 Å². The third-order valence-electron chi connectivity index (χ3n) is 3.72. The van der Waals surface area contributed by atoms with Crippen LogP contribution in [0.1, 0.15) is 39.0 Å². The molecule has 1 saturated carbocycles. The van der Waals surface area contributed by atoms with Crippen LogP contribution in [-0.2, 0) is 4.79 Å². The van der Waals surface area contributed by atoms with E-state index >= 15 is 0 Å². The van der Waals surface area contributed by atoms with E-state index in [1.807, 2.05) is 0 Å². The molecule has 80 valence electrons. The molecule has 0 aromatic rings. The summed E-state index contributed by atoms with van der Waals surface area (Å²) in [5.74, 6) is 0.210. The molecule has 0 spiro atoms. The van der Waals surface area contributed by atoms with Gasteiger partial charge in [-0.1, -0.05) is 6.92 Å². The smallest absolute Gasteiger partial charge is 0.237 e. The summed E-state index contributed by atoms with van der Waals surface area (Å²) < 4.78 is 0. The number of hydrogen-bond acceptors (Lipinski definition) is 2. The van der Waals surface area contributed by atoms with E-state index in [-0.39, 0.29) is 11.9 Å². The molecule has 0 aromatic carbocycles. The van der Waals surface area contributed by atoms with E-state index in [1.165, 1.54) is 19.3 Å². The van der Waals surface area contributed by atoms with Gasteiger partial charge in [-0.3, -0.25) is 4.79 Å². The minimum absolute atomic E-state index is 0.0858. The maximum absolute atomic E-state index is 11.7. The highest BCUT2D eigenvalue weighted by atomic mass is 16.2. The molecule has 2 rings (SSSR count). The first-order valence-corrected chi connectivity index (χ1v) is 5.77. The summed E-state index contributed by atoms with van der Waals surface area (Å²) in [6.07, 6.45) is 5.93. The molecular weight excluding hydrogens is 176 g/mol. The van der Waals surface area contributed by atoms with Crippen molar-refractivity contribution >= 4 is 5.91 Å². The largest absolute Gasteiger partial charge is 0.354 e. The standard InChI is InChI=1S/C11H20N2O/c1-2-11(5-6-11)8-13-10(14)9-4-3-7-12-9/h9,12H,2-8H2,1H3,(H,13,14)/t9-/m1/s1. The second kappa shape index (κ2) is 3.89. The maximum atomic E-state index is 11.7. The lowest BCUT2D eigenvalue weighted by Crippen LogP contribution is -2.42. The number of amides is 1. The Morgan fingerprint density at radius 1 is 1.57 bits per heavy atom. The van der Waals surface area contributed by atoms with Crippen molar-refractivity contribution in [3.63, 3.8) is 0 Å². The van der Waals surface area contributed by atoms with Crippen LogP contribution >= 0.6 is 0 Å². The average Bonchev–Trinajstić information content (AvgIpc) is 2.78. The highest BCUT2D eigenvalue weighted by Gasteiger charge is 2.41. The average molecular weight is 196 g/mol. The van der Waals surface area contributed by atoms with Crippen LogP contribution in [0.5, 0.6) is 0 Å². The third kappa shape index (κ3) is 2.08. The Morgan fingerprint density at radius 2 is 2.36 bits per heavy atom. The van der Waals surface area contributed by atoms with Gasteiger partial charge in [-0.05, 0) is 44.1 Å². The van der Waals surface area contributed by atoms with Crippen molar-refractivity contribution < 1.29 is 4.79 Å². The Balaban J connectivity index is 1.72. The van der Waals surface area contributed by atoms with Crippen LogP contribution in [0.15, 0.2) is 0 Å². The van der Waals surface area contributed by atoms with Crippen LogP contribution in [0.2, 0.25) is 0 Å². The Bertz CT molecular complexity index is 217.